The molecular weight excluding hydrogens is 370 g/mol. The minimum Gasteiger partial charge on any atom is -0.358 e. The van der Waals surface area contributed by atoms with Gasteiger partial charge in [0, 0.05) is 32.9 Å². The third-order valence-corrected chi connectivity index (χ3v) is 7.12. The Morgan fingerprint density at radius 3 is 2.38 bits per heavy atom. The summed E-state index contributed by atoms with van der Waals surface area (Å²) in [5.41, 5.74) is 4.99. The van der Waals surface area contributed by atoms with Gasteiger partial charge in [0.15, 0.2) is 11.1 Å². The van der Waals surface area contributed by atoms with Gasteiger partial charge in [-0.25, -0.2) is 0 Å². The standard InChI is InChI=1S/C21H29N5O3/c1-23-17(27)16-20(18(28)24-2)14-11-7-8-12-15(14)25(3)21(20,22)19(29)26(16)13-9-5-4-6-10-13/h7-8,11-13,16H,4-6,9-10,22H2,1-3H3,(H,23,27)(H,24,28)/t16-,20+,21-/m0/s1. The van der Waals surface area contributed by atoms with E-state index in [1.54, 1.807) is 16.8 Å². The van der Waals surface area contributed by atoms with Crippen molar-refractivity contribution in [2.75, 3.05) is 26.0 Å². The third kappa shape index (κ3) is 2.20. The van der Waals surface area contributed by atoms with Gasteiger partial charge >= 0.3 is 0 Å². The lowest BCUT2D eigenvalue weighted by molar-refractivity contribution is -0.140. The number of carbonyl (C=O) groups is 3. The van der Waals surface area contributed by atoms with E-state index < -0.39 is 23.0 Å². The van der Waals surface area contributed by atoms with Crippen LogP contribution in [0.2, 0.25) is 0 Å². The van der Waals surface area contributed by atoms with E-state index in [-0.39, 0.29) is 17.9 Å². The number of likely N-dealkylation sites (N-methyl/N-ethyl adjacent to an activating group) is 3. The maximum Gasteiger partial charge on any atom is 0.265 e. The molecular formula is C21H29N5O3. The summed E-state index contributed by atoms with van der Waals surface area (Å²) in [6.07, 6.45) is 4.72. The van der Waals surface area contributed by atoms with E-state index in [9.17, 15) is 14.4 Å². The van der Waals surface area contributed by atoms with E-state index in [0.29, 0.717) is 11.3 Å². The molecule has 3 aliphatic rings. The molecule has 4 N–H and O–H groups in total. The number of para-hydroxylation sites is 1. The first-order valence-corrected chi connectivity index (χ1v) is 10.3. The van der Waals surface area contributed by atoms with Crippen LogP contribution in [0.1, 0.15) is 37.7 Å². The average molecular weight is 399 g/mol. The number of amides is 3. The molecule has 8 nitrogen and oxygen atoms in total. The topological polar surface area (TPSA) is 108 Å². The molecule has 2 aliphatic heterocycles. The van der Waals surface area contributed by atoms with Crippen LogP contribution in [0.15, 0.2) is 24.3 Å². The van der Waals surface area contributed by atoms with Gasteiger partial charge in [-0.3, -0.25) is 20.1 Å². The summed E-state index contributed by atoms with van der Waals surface area (Å²) in [7, 11) is 4.78. The minimum absolute atomic E-state index is 0.105. The summed E-state index contributed by atoms with van der Waals surface area (Å²) in [5.74, 6) is -1.15. The highest BCUT2D eigenvalue weighted by Gasteiger charge is 2.79. The molecule has 1 saturated carbocycles. The highest BCUT2D eigenvalue weighted by molar-refractivity contribution is 6.14. The second-order valence-corrected chi connectivity index (χ2v) is 8.25. The Hall–Kier alpha value is -2.61. The first-order valence-electron chi connectivity index (χ1n) is 10.3. The molecule has 0 spiro atoms. The van der Waals surface area contributed by atoms with Gasteiger partial charge in [-0.15, -0.1) is 0 Å². The summed E-state index contributed by atoms with van der Waals surface area (Å²) in [4.78, 5) is 44.1. The van der Waals surface area contributed by atoms with Gasteiger partial charge in [-0.05, 0) is 24.5 Å². The summed E-state index contributed by atoms with van der Waals surface area (Å²) < 4.78 is 0. The van der Waals surface area contributed by atoms with Crippen molar-refractivity contribution in [1.82, 2.24) is 15.5 Å². The van der Waals surface area contributed by atoms with Crippen molar-refractivity contribution in [3.8, 4) is 0 Å². The first kappa shape index (κ1) is 19.7. The Balaban J connectivity index is 2.02. The molecule has 3 atom stereocenters. The fourth-order valence-corrected chi connectivity index (χ4v) is 5.76. The fraction of sp³-hybridized carbons (Fsp3) is 0.571. The monoisotopic (exact) mass is 399 g/mol. The van der Waals surface area contributed by atoms with Gasteiger partial charge in [0.05, 0.1) is 0 Å². The lowest BCUT2D eigenvalue weighted by Crippen LogP contribution is -2.72. The molecule has 1 aromatic rings. The maximum atomic E-state index is 13.9. The number of benzene rings is 1. The molecule has 0 radical (unpaired) electrons. The molecule has 1 aliphatic carbocycles. The highest BCUT2D eigenvalue weighted by atomic mass is 16.2. The zero-order chi connectivity index (χ0) is 21.0. The number of hydrogen-bond acceptors (Lipinski definition) is 5. The number of nitrogens with two attached hydrogens (primary N) is 1. The molecule has 0 unspecified atom stereocenters. The second-order valence-electron chi connectivity index (χ2n) is 8.25. The van der Waals surface area contributed by atoms with E-state index in [1.807, 2.05) is 24.3 Å². The molecule has 3 amide bonds. The lowest BCUT2D eigenvalue weighted by atomic mass is 9.68. The summed E-state index contributed by atoms with van der Waals surface area (Å²) >= 11 is 0. The van der Waals surface area contributed by atoms with E-state index in [0.717, 1.165) is 32.1 Å². The SMILES string of the molecule is CNC(=O)[C@@H]1N(C2CCCCC2)C(=O)[C@]2(N)N(C)c3ccccc3[C@]12C(=O)NC. The van der Waals surface area contributed by atoms with Gasteiger partial charge in [-0.1, -0.05) is 37.5 Å². The number of hydrogen-bond donors (Lipinski definition) is 3. The zero-order valence-electron chi connectivity index (χ0n) is 17.2. The van der Waals surface area contributed by atoms with Crippen LogP contribution in [0.4, 0.5) is 5.69 Å². The Morgan fingerprint density at radius 1 is 1.10 bits per heavy atom. The number of rotatable bonds is 3. The predicted molar refractivity (Wildman–Crippen MR) is 109 cm³/mol. The van der Waals surface area contributed by atoms with Gasteiger partial charge < -0.3 is 20.4 Å². The van der Waals surface area contributed by atoms with Crippen molar-refractivity contribution >= 4 is 23.4 Å². The van der Waals surface area contributed by atoms with Crippen LogP contribution in [-0.2, 0) is 19.8 Å². The van der Waals surface area contributed by atoms with Crippen molar-refractivity contribution in [2.45, 2.75) is 55.3 Å². The molecule has 1 saturated heterocycles. The van der Waals surface area contributed by atoms with Gasteiger partial charge in [0.1, 0.15) is 6.04 Å². The van der Waals surface area contributed by atoms with Crippen LogP contribution in [0.3, 0.4) is 0 Å². The number of nitrogens with one attached hydrogen (secondary N) is 2. The molecule has 0 bridgehead atoms. The molecule has 2 fully saturated rings. The largest absolute Gasteiger partial charge is 0.358 e. The lowest BCUT2D eigenvalue weighted by Gasteiger charge is -2.40. The normalized spacial score (nSPS) is 31.4. The third-order valence-electron chi connectivity index (χ3n) is 7.12. The van der Waals surface area contributed by atoms with Gasteiger partial charge in [-0.2, -0.15) is 0 Å². The summed E-state index contributed by atoms with van der Waals surface area (Å²) in [6.45, 7) is 0. The van der Waals surface area contributed by atoms with Gasteiger partial charge in [0.25, 0.3) is 5.91 Å². The van der Waals surface area contributed by atoms with Crippen LogP contribution in [-0.4, -0.2) is 61.5 Å². The quantitative estimate of drug-likeness (QED) is 0.666. The Labute approximate surface area is 170 Å². The van der Waals surface area contributed by atoms with Gasteiger partial charge in [0.2, 0.25) is 11.8 Å². The average Bonchev–Trinajstić information content (AvgIpc) is 3.10. The number of likely N-dealkylation sites (tertiary alicyclic amines) is 1. The van der Waals surface area contributed by atoms with Crippen molar-refractivity contribution in [1.29, 1.82) is 0 Å². The fourth-order valence-electron chi connectivity index (χ4n) is 5.76. The molecule has 4 rings (SSSR count). The minimum atomic E-state index is -1.68. The molecule has 29 heavy (non-hydrogen) atoms. The Kier molecular flexibility index (Phi) is 4.57. The molecule has 2 heterocycles. The number of nitrogens with zero attached hydrogens (tertiary/aromatic N) is 2. The summed E-state index contributed by atoms with van der Waals surface area (Å²) in [5, 5.41) is 5.39. The smallest absolute Gasteiger partial charge is 0.265 e. The molecule has 156 valence electrons. The zero-order valence-corrected chi connectivity index (χ0v) is 17.2. The van der Waals surface area contributed by atoms with E-state index in [2.05, 4.69) is 10.6 Å². The van der Waals surface area contributed by atoms with Crippen molar-refractivity contribution in [3.05, 3.63) is 29.8 Å². The van der Waals surface area contributed by atoms with Crippen molar-refractivity contribution in [2.24, 2.45) is 5.73 Å². The molecule has 0 aromatic heterocycles. The second kappa shape index (κ2) is 6.73. The maximum absolute atomic E-state index is 13.9. The van der Waals surface area contributed by atoms with Crippen LogP contribution in [0.5, 0.6) is 0 Å². The number of anilines is 1. The Bertz CT molecular complexity index is 868. The summed E-state index contributed by atoms with van der Waals surface area (Å²) in [6, 6.07) is 6.19. The van der Waals surface area contributed by atoms with Crippen molar-refractivity contribution in [3.63, 3.8) is 0 Å². The molecule has 8 heteroatoms. The van der Waals surface area contributed by atoms with Crippen LogP contribution in [0.25, 0.3) is 0 Å². The highest BCUT2D eigenvalue weighted by Crippen LogP contribution is 2.57. The first-order chi connectivity index (χ1) is 13.9. The predicted octanol–water partition coefficient (Wildman–Crippen LogP) is 0.0647. The van der Waals surface area contributed by atoms with Crippen LogP contribution < -0.4 is 21.3 Å². The van der Waals surface area contributed by atoms with Crippen molar-refractivity contribution < 1.29 is 14.4 Å². The van der Waals surface area contributed by atoms with E-state index in [1.165, 1.54) is 14.1 Å². The van der Waals surface area contributed by atoms with Crippen LogP contribution >= 0.6 is 0 Å². The van der Waals surface area contributed by atoms with E-state index >= 15 is 0 Å². The molecule has 1 aromatic carbocycles. The Morgan fingerprint density at radius 2 is 1.76 bits per heavy atom. The van der Waals surface area contributed by atoms with E-state index in [4.69, 9.17) is 5.73 Å². The number of fused-ring (bicyclic) bond motifs is 3. The van der Waals surface area contributed by atoms with Crippen LogP contribution in [0, 0.1) is 0 Å². The number of carbonyl (C=O) groups excluding carboxylic acids is 3.